The molecule has 2 amide bonds. The summed E-state index contributed by atoms with van der Waals surface area (Å²) in [5.41, 5.74) is 4.80. The monoisotopic (exact) mass is 332 g/mol. The van der Waals surface area contributed by atoms with Gasteiger partial charge in [0, 0.05) is 0 Å². The average molecular weight is 333 g/mol. The number of carbonyl (C=O) groups excluding carboxylic acids is 2. The minimum Gasteiger partial charge on any atom is -0.480 e. The van der Waals surface area contributed by atoms with Gasteiger partial charge in [-0.1, -0.05) is 6.07 Å². The number of carboxylic acid groups (broad SMARTS) is 1. The van der Waals surface area contributed by atoms with Crippen LogP contribution in [0.5, 0.6) is 0 Å². The zero-order valence-electron chi connectivity index (χ0n) is 9.52. The highest BCUT2D eigenvalue weighted by molar-refractivity contribution is 9.10. The van der Waals surface area contributed by atoms with E-state index in [2.05, 4.69) is 21.2 Å². The third-order valence-electron chi connectivity index (χ3n) is 2.20. The number of amides is 2. The van der Waals surface area contributed by atoms with Crippen molar-refractivity contribution in [2.24, 2.45) is 5.73 Å². The first kappa shape index (κ1) is 15.1. The molecule has 0 radical (unpaired) electrons. The number of hydrogen-bond donors (Lipinski definition) is 3. The Labute approximate surface area is 115 Å². The van der Waals surface area contributed by atoms with Gasteiger partial charge in [0.25, 0.3) is 5.91 Å². The number of benzene rings is 1. The molecular weight excluding hydrogens is 323 g/mol. The number of rotatable bonds is 5. The molecule has 4 N–H and O–H groups in total. The van der Waals surface area contributed by atoms with Gasteiger partial charge in [0.1, 0.15) is 11.9 Å². The largest absolute Gasteiger partial charge is 0.480 e. The smallest absolute Gasteiger partial charge is 0.326 e. The number of carboxylic acids is 1. The first-order chi connectivity index (χ1) is 8.82. The van der Waals surface area contributed by atoms with Crippen LogP contribution in [-0.2, 0) is 9.59 Å². The number of primary amides is 1. The Morgan fingerprint density at radius 1 is 1.42 bits per heavy atom. The summed E-state index contributed by atoms with van der Waals surface area (Å²) >= 11 is 2.88. The lowest BCUT2D eigenvalue weighted by atomic mass is 10.1. The molecule has 0 aliphatic carbocycles. The van der Waals surface area contributed by atoms with Gasteiger partial charge in [-0.2, -0.15) is 0 Å². The summed E-state index contributed by atoms with van der Waals surface area (Å²) in [6.45, 7) is 0. The molecule has 0 heterocycles. The highest BCUT2D eigenvalue weighted by Gasteiger charge is 2.24. The van der Waals surface area contributed by atoms with Gasteiger partial charge in [0.15, 0.2) is 0 Å². The van der Waals surface area contributed by atoms with E-state index in [0.29, 0.717) is 0 Å². The highest BCUT2D eigenvalue weighted by Crippen LogP contribution is 2.20. The number of aliphatic carboxylic acids is 1. The topological polar surface area (TPSA) is 109 Å². The van der Waals surface area contributed by atoms with Gasteiger partial charge in [-0.15, -0.1) is 0 Å². The maximum Gasteiger partial charge on any atom is 0.326 e. The molecular formula is C11H10BrFN2O4. The minimum absolute atomic E-state index is 0.0734. The number of nitrogens with one attached hydrogen (secondary N) is 1. The lowest BCUT2D eigenvalue weighted by Gasteiger charge is -2.13. The summed E-state index contributed by atoms with van der Waals surface area (Å²) in [5.74, 6) is -3.75. The van der Waals surface area contributed by atoms with Gasteiger partial charge in [-0.25, -0.2) is 9.18 Å². The van der Waals surface area contributed by atoms with Crippen molar-refractivity contribution in [3.8, 4) is 0 Å². The third-order valence-corrected chi connectivity index (χ3v) is 3.01. The van der Waals surface area contributed by atoms with Crippen LogP contribution in [-0.4, -0.2) is 28.9 Å². The van der Waals surface area contributed by atoms with Crippen LogP contribution in [0.15, 0.2) is 22.7 Å². The normalized spacial score (nSPS) is 11.7. The third kappa shape index (κ3) is 4.02. The van der Waals surface area contributed by atoms with Crippen molar-refractivity contribution in [3.63, 3.8) is 0 Å². The number of halogens is 2. The van der Waals surface area contributed by atoms with E-state index in [0.717, 1.165) is 6.07 Å². The van der Waals surface area contributed by atoms with Gasteiger partial charge in [0.2, 0.25) is 5.91 Å². The van der Waals surface area contributed by atoms with Crippen LogP contribution in [0.4, 0.5) is 4.39 Å². The summed E-state index contributed by atoms with van der Waals surface area (Å²) in [6.07, 6.45) is -0.548. The van der Waals surface area contributed by atoms with Crippen LogP contribution < -0.4 is 11.1 Å². The van der Waals surface area contributed by atoms with Crippen LogP contribution in [0.25, 0.3) is 0 Å². The van der Waals surface area contributed by atoms with E-state index in [1.807, 2.05) is 0 Å². The van der Waals surface area contributed by atoms with Gasteiger partial charge >= 0.3 is 5.97 Å². The molecule has 0 unspecified atom stereocenters. The molecule has 1 atom stereocenters. The Kier molecular flexibility index (Phi) is 4.99. The van der Waals surface area contributed by atoms with Crippen LogP contribution in [0.1, 0.15) is 16.8 Å². The standard InChI is InChI=1S/C11H10BrFN2O4/c12-9-5(2-1-3-6(9)13)10(17)15-7(11(18)19)4-8(14)16/h1-3,7H,4H2,(H2,14,16)(H,15,17)(H,18,19)/t7-/m0/s1. The zero-order valence-corrected chi connectivity index (χ0v) is 11.1. The molecule has 0 spiro atoms. The molecule has 0 fully saturated rings. The molecule has 8 heteroatoms. The molecule has 19 heavy (non-hydrogen) atoms. The lowest BCUT2D eigenvalue weighted by Crippen LogP contribution is -2.43. The van der Waals surface area contributed by atoms with E-state index in [9.17, 15) is 18.8 Å². The van der Waals surface area contributed by atoms with Crippen molar-refractivity contribution in [1.82, 2.24) is 5.32 Å². The molecule has 0 saturated carbocycles. The van der Waals surface area contributed by atoms with Crippen molar-refractivity contribution in [3.05, 3.63) is 34.1 Å². The van der Waals surface area contributed by atoms with Gasteiger partial charge < -0.3 is 16.2 Å². The van der Waals surface area contributed by atoms with E-state index in [1.54, 1.807) is 0 Å². The Morgan fingerprint density at radius 3 is 2.58 bits per heavy atom. The van der Waals surface area contributed by atoms with Crippen molar-refractivity contribution in [2.75, 3.05) is 0 Å². The van der Waals surface area contributed by atoms with Crippen molar-refractivity contribution in [1.29, 1.82) is 0 Å². The van der Waals surface area contributed by atoms with E-state index < -0.39 is 36.1 Å². The fourth-order valence-corrected chi connectivity index (χ4v) is 1.76. The second-order valence-corrected chi connectivity index (χ2v) is 4.43. The Balaban J connectivity index is 2.91. The molecule has 0 aliphatic heterocycles. The van der Waals surface area contributed by atoms with Gasteiger partial charge in [-0.3, -0.25) is 9.59 Å². The molecule has 6 nitrogen and oxygen atoms in total. The SMILES string of the molecule is NC(=O)C[C@H](NC(=O)c1cccc(F)c1Br)C(=O)O. The summed E-state index contributed by atoms with van der Waals surface area (Å²) in [7, 11) is 0. The fourth-order valence-electron chi connectivity index (χ4n) is 1.32. The summed E-state index contributed by atoms with van der Waals surface area (Å²) in [4.78, 5) is 33.3. The second-order valence-electron chi connectivity index (χ2n) is 3.64. The molecule has 0 saturated heterocycles. The number of hydrogen-bond acceptors (Lipinski definition) is 3. The fraction of sp³-hybridized carbons (Fsp3) is 0.182. The Hall–Kier alpha value is -1.96. The van der Waals surface area contributed by atoms with Crippen LogP contribution in [0.2, 0.25) is 0 Å². The van der Waals surface area contributed by atoms with Crippen LogP contribution in [0.3, 0.4) is 0 Å². The lowest BCUT2D eigenvalue weighted by molar-refractivity contribution is -0.140. The zero-order chi connectivity index (χ0) is 14.6. The maximum atomic E-state index is 13.2. The van der Waals surface area contributed by atoms with E-state index >= 15 is 0 Å². The van der Waals surface area contributed by atoms with Crippen molar-refractivity contribution >= 4 is 33.7 Å². The van der Waals surface area contributed by atoms with Crippen molar-refractivity contribution < 1.29 is 23.9 Å². The van der Waals surface area contributed by atoms with Gasteiger partial charge in [0.05, 0.1) is 16.5 Å². The predicted octanol–water partition coefficient (Wildman–Crippen LogP) is 0.647. The van der Waals surface area contributed by atoms with Crippen LogP contribution in [0, 0.1) is 5.82 Å². The number of carbonyl (C=O) groups is 3. The molecule has 1 aromatic carbocycles. The molecule has 0 aliphatic rings. The molecule has 0 bridgehead atoms. The molecule has 1 aromatic rings. The molecule has 0 aromatic heterocycles. The first-order valence-electron chi connectivity index (χ1n) is 5.09. The Bertz CT molecular complexity index is 535. The second kappa shape index (κ2) is 6.28. The van der Waals surface area contributed by atoms with Gasteiger partial charge in [-0.05, 0) is 28.1 Å². The van der Waals surface area contributed by atoms with E-state index in [1.165, 1.54) is 12.1 Å². The van der Waals surface area contributed by atoms with Crippen molar-refractivity contribution in [2.45, 2.75) is 12.5 Å². The Morgan fingerprint density at radius 2 is 2.05 bits per heavy atom. The first-order valence-corrected chi connectivity index (χ1v) is 5.88. The molecule has 1 rings (SSSR count). The minimum atomic E-state index is -1.46. The predicted molar refractivity (Wildman–Crippen MR) is 66.8 cm³/mol. The average Bonchev–Trinajstić information content (AvgIpc) is 2.31. The van der Waals surface area contributed by atoms with Crippen LogP contribution >= 0.6 is 15.9 Å². The molecule has 102 valence electrons. The quantitative estimate of drug-likeness (QED) is 0.735. The number of nitrogens with two attached hydrogens (primary N) is 1. The summed E-state index contributed by atoms with van der Waals surface area (Å²) in [5, 5.41) is 10.9. The summed E-state index contributed by atoms with van der Waals surface area (Å²) in [6, 6.07) is 2.30. The maximum absolute atomic E-state index is 13.2. The summed E-state index contributed by atoms with van der Waals surface area (Å²) < 4.78 is 13.1. The van der Waals surface area contributed by atoms with E-state index in [4.69, 9.17) is 10.8 Å². The van der Waals surface area contributed by atoms with E-state index in [-0.39, 0.29) is 10.0 Å². The highest BCUT2D eigenvalue weighted by atomic mass is 79.9.